The summed E-state index contributed by atoms with van der Waals surface area (Å²) >= 11 is 3.39. The molecule has 0 aliphatic heterocycles. The van der Waals surface area contributed by atoms with Crippen molar-refractivity contribution in [2.75, 3.05) is 11.9 Å². The molecule has 4 N–H and O–H groups in total. The Balaban J connectivity index is 2.11. The molecule has 0 bridgehead atoms. The van der Waals surface area contributed by atoms with E-state index < -0.39 is 0 Å². The van der Waals surface area contributed by atoms with E-state index in [1.54, 1.807) is 30.5 Å². The van der Waals surface area contributed by atoms with E-state index in [0.717, 1.165) is 10.9 Å². The molecule has 2 aromatic rings. The Bertz CT molecular complexity index is 633. The molecule has 6 heteroatoms. The van der Waals surface area contributed by atoms with Crippen LogP contribution in [-0.2, 0) is 0 Å². The molecule has 5 nitrogen and oxygen atoms in total. The Morgan fingerprint density at radius 3 is 2.82 bits per heavy atom. The van der Waals surface area contributed by atoms with Crippen molar-refractivity contribution in [1.82, 2.24) is 9.97 Å². The van der Waals surface area contributed by atoms with Crippen molar-refractivity contribution in [3.05, 3.63) is 34.9 Å². The monoisotopic (exact) mass is 364 g/mol. The highest BCUT2D eigenvalue weighted by Crippen LogP contribution is 2.29. The third-order valence-electron chi connectivity index (χ3n) is 3.17. The maximum atomic E-state index is 9.96. The largest absolute Gasteiger partial charge is 0.507 e. The van der Waals surface area contributed by atoms with Gasteiger partial charge in [-0.15, -0.1) is 0 Å². The van der Waals surface area contributed by atoms with E-state index in [-0.39, 0.29) is 11.8 Å². The average molecular weight is 365 g/mol. The Morgan fingerprint density at radius 2 is 2.09 bits per heavy atom. The molecule has 0 fully saturated rings. The molecule has 0 spiro atoms. The van der Waals surface area contributed by atoms with Crippen LogP contribution in [0.1, 0.15) is 20.3 Å². The van der Waals surface area contributed by atoms with Crippen LogP contribution in [0, 0.1) is 5.92 Å². The van der Waals surface area contributed by atoms with Crippen LogP contribution in [0.2, 0.25) is 0 Å². The molecule has 0 radical (unpaired) electrons. The predicted molar refractivity (Wildman–Crippen MR) is 92.8 cm³/mol. The molecule has 118 valence electrons. The lowest BCUT2D eigenvalue weighted by Gasteiger charge is -2.15. The van der Waals surface area contributed by atoms with Gasteiger partial charge in [0.1, 0.15) is 11.6 Å². The number of hydrogen-bond acceptors (Lipinski definition) is 5. The molecule has 1 aromatic carbocycles. The number of anilines is 1. The molecular formula is C16H21BrN4O. The number of nitrogens with one attached hydrogen (secondary N) is 1. The first-order valence-electron chi connectivity index (χ1n) is 7.27. The summed E-state index contributed by atoms with van der Waals surface area (Å²) in [6.07, 6.45) is 2.62. The van der Waals surface area contributed by atoms with Gasteiger partial charge >= 0.3 is 0 Å². The van der Waals surface area contributed by atoms with Gasteiger partial charge in [0.15, 0.2) is 5.82 Å². The Morgan fingerprint density at radius 1 is 1.32 bits per heavy atom. The second-order valence-electron chi connectivity index (χ2n) is 5.70. The molecule has 0 aliphatic carbocycles. The number of rotatable bonds is 6. The van der Waals surface area contributed by atoms with E-state index in [1.807, 2.05) is 0 Å². The van der Waals surface area contributed by atoms with Crippen molar-refractivity contribution >= 4 is 21.7 Å². The summed E-state index contributed by atoms with van der Waals surface area (Å²) in [6.45, 7) is 4.95. The summed E-state index contributed by atoms with van der Waals surface area (Å²) in [7, 11) is 0. The van der Waals surface area contributed by atoms with Gasteiger partial charge in [-0.25, -0.2) is 9.97 Å². The van der Waals surface area contributed by atoms with Gasteiger partial charge in [-0.05, 0) is 36.6 Å². The second-order valence-corrected chi connectivity index (χ2v) is 6.61. The molecule has 0 saturated carbocycles. The first kappa shape index (κ1) is 16.7. The summed E-state index contributed by atoms with van der Waals surface area (Å²) in [5.41, 5.74) is 6.65. The van der Waals surface area contributed by atoms with Crippen molar-refractivity contribution in [2.45, 2.75) is 26.3 Å². The minimum Gasteiger partial charge on any atom is -0.507 e. The van der Waals surface area contributed by atoms with Gasteiger partial charge in [-0.3, -0.25) is 0 Å². The van der Waals surface area contributed by atoms with Crippen LogP contribution in [-0.4, -0.2) is 27.7 Å². The third-order valence-corrected chi connectivity index (χ3v) is 3.67. The molecule has 0 saturated heterocycles. The molecule has 0 aliphatic rings. The van der Waals surface area contributed by atoms with Crippen LogP contribution in [0.25, 0.3) is 11.4 Å². The average Bonchev–Trinajstić information content (AvgIpc) is 2.47. The lowest BCUT2D eigenvalue weighted by atomic mass is 10.0. The van der Waals surface area contributed by atoms with Gasteiger partial charge in [0.2, 0.25) is 0 Å². The van der Waals surface area contributed by atoms with Crippen LogP contribution in [0.15, 0.2) is 34.9 Å². The smallest absolute Gasteiger partial charge is 0.165 e. The van der Waals surface area contributed by atoms with Crippen molar-refractivity contribution in [3.8, 4) is 17.1 Å². The number of phenolic OH excluding ortho intramolecular Hbond substituents is 1. The van der Waals surface area contributed by atoms with E-state index in [1.165, 1.54) is 0 Å². The topological polar surface area (TPSA) is 84.1 Å². The van der Waals surface area contributed by atoms with Gasteiger partial charge in [0.05, 0.1) is 5.56 Å². The van der Waals surface area contributed by atoms with Crippen molar-refractivity contribution in [2.24, 2.45) is 11.7 Å². The normalized spacial score (nSPS) is 12.4. The summed E-state index contributed by atoms with van der Waals surface area (Å²) in [6, 6.07) is 7.05. The van der Waals surface area contributed by atoms with Crippen LogP contribution >= 0.6 is 15.9 Å². The highest BCUT2D eigenvalue weighted by molar-refractivity contribution is 9.10. The fourth-order valence-corrected chi connectivity index (χ4v) is 2.56. The molecule has 1 aromatic heterocycles. The van der Waals surface area contributed by atoms with Gasteiger partial charge in [-0.1, -0.05) is 29.8 Å². The van der Waals surface area contributed by atoms with Gasteiger partial charge in [-0.2, -0.15) is 0 Å². The fourth-order valence-electron chi connectivity index (χ4n) is 2.20. The number of phenols is 1. The first-order chi connectivity index (χ1) is 10.5. The lowest BCUT2D eigenvalue weighted by molar-refractivity contribution is 0.476. The first-order valence-corrected chi connectivity index (χ1v) is 8.06. The third kappa shape index (κ3) is 4.68. The van der Waals surface area contributed by atoms with E-state index in [9.17, 15) is 5.11 Å². The van der Waals surface area contributed by atoms with Gasteiger partial charge < -0.3 is 16.2 Å². The highest BCUT2D eigenvalue weighted by Gasteiger charge is 2.10. The molecule has 1 atom stereocenters. The van der Waals surface area contributed by atoms with E-state index in [2.05, 4.69) is 45.1 Å². The number of benzene rings is 1. The van der Waals surface area contributed by atoms with E-state index in [4.69, 9.17) is 5.73 Å². The van der Waals surface area contributed by atoms with Crippen LogP contribution in [0.3, 0.4) is 0 Å². The van der Waals surface area contributed by atoms with E-state index >= 15 is 0 Å². The minimum atomic E-state index is 0.0812. The van der Waals surface area contributed by atoms with Crippen molar-refractivity contribution in [3.63, 3.8) is 0 Å². The minimum absolute atomic E-state index is 0.0812. The molecule has 1 heterocycles. The number of nitrogens with zero attached hydrogens (tertiary/aromatic N) is 2. The highest BCUT2D eigenvalue weighted by atomic mass is 79.9. The number of nitrogens with two attached hydrogens (primary N) is 1. The Hall–Kier alpha value is -1.66. The number of halogens is 1. The Kier molecular flexibility index (Phi) is 5.74. The predicted octanol–water partition coefficient (Wildman–Crippen LogP) is 3.40. The maximum absolute atomic E-state index is 9.96. The van der Waals surface area contributed by atoms with Crippen LogP contribution in [0.4, 0.5) is 5.82 Å². The lowest BCUT2D eigenvalue weighted by Crippen LogP contribution is -2.30. The summed E-state index contributed by atoms with van der Waals surface area (Å²) < 4.78 is 0.862. The number of aromatic hydroxyl groups is 1. The van der Waals surface area contributed by atoms with Gasteiger partial charge in [0, 0.05) is 23.3 Å². The van der Waals surface area contributed by atoms with Crippen LogP contribution in [0.5, 0.6) is 5.75 Å². The van der Waals surface area contributed by atoms with Gasteiger partial charge in [0.25, 0.3) is 0 Å². The van der Waals surface area contributed by atoms with Crippen molar-refractivity contribution in [1.29, 1.82) is 0 Å². The zero-order chi connectivity index (χ0) is 16.1. The summed E-state index contributed by atoms with van der Waals surface area (Å²) in [4.78, 5) is 8.66. The zero-order valence-electron chi connectivity index (χ0n) is 12.8. The van der Waals surface area contributed by atoms with Crippen molar-refractivity contribution < 1.29 is 5.11 Å². The Labute approximate surface area is 139 Å². The standard InChI is InChI=1S/C16H21BrN4O/c1-10(2)7-12(18)9-20-15-5-6-19-16(21-15)13-8-11(17)3-4-14(13)22/h3-6,8,10,12,22H,7,9,18H2,1-2H3,(H,19,20,21). The number of aromatic nitrogens is 2. The molecule has 2 rings (SSSR count). The molecule has 1 unspecified atom stereocenters. The van der Waals surface area contributed by atoms with E-state index in [0.29, 0.717) is 29.7 Å². The quantitative estimate of drug-likeness (QED) is 0.731. The zero-order valence-corrected chi connectivity index (χ0v) is 14.3. The SMILES string of the molecule is CC(C)CC(N)CNc1ccnc(-c2cc(Br)ccc2O)n1. The molecule has 0 amide bonds. The molecule has 22 heavy (non-hydrogen) atoms. The van der Waals surface area contributed by atoms with Crippen LogP contribution < -0.4 is 11.1 Å². The molecular weight excluding hydrogens is 344 g/mol. The second kappa shape index (κ2) is 7.56. The maximum Gasteiger partial charge on any atom is 0.165 e. The summed E-state index contributed by atoms with van der Waals surface area (Å²) in [5, 5.41) is 13.2. The number of hydrogen-bond donors (Lipinski definition) is 3. The fraction of sp³-hybridized carbons (Fsp3) is 0.375. The summed E-state index contributed by atoms with van der Waals surface area (Å²) in [5.74, 6) is 1.89.